The monoisotopic (exact) mass is 307 g/mol. The van der Waals surface area contributed by atoms with E-state index < -0.39 is 0 Å². The fourth-order valence-corrected chi connectivity index (χ4v) is 2.08. The summed E-state index contributed by atoms with van der Waals surface area (Å²) in [6.45, 7) is 7.26. The molecular weight excluding hydrogens is 278 g/mol. The first kappa shape index (κ1) is 18.3. The Hall–Kier alpha value is -1.75. The van der Waals surface area contributed by atoms with Gasteiger partial charge in [-0.15, -0.1) is 0 Å². The van der Waals surface area contributed by atoms with E-state index in [0.717, 1.165) is 49.9 Å². The molecule has 0 aromatic heterocycles. The van der Waals surface area contributed by atoms with Gasteiger partial charge in [0.2, 0.25) is 0 Å². The van der Waals surface area contributed by atoms with Gasteiger partial charge in [-0.2, -0.15) is 0 Å². The van der Waals surface area contributed by atoms with Crippen molar-refractivity contribution in [1.29, 1.82) is 0 Å². The molecule has 0 amide bonds. The quantitative estimate of drug-likeness (QED) is 0.418. The first-order valence-electron chi connectivity index (χ1n) is 7.87. The predicted octanol–water partition coefficient (Wildman–Crippen LogP) is 2.49. The molecule has 0 heterocycles. The third-order valence-electron chi connectivity index (χ3n) is 3.32. The van der Waals surface area contributed by atoms with Crippen LogP contribution in [0.4, 0.5) is 0 Å². The van der Waals surface area contributed by atoms with E-state index in [1.807, 2.05) is 13.0 Å². The molecule has 1 rings (SSSR count). The van der Waals surface area contributed by atoms with Crippen molar-refractivity contribution >= 4 is 5.96 Å². The van der Waals surface area contributed by atoms with Crippen molar-refractivity contribution in [2.24, 2.45) is 4.99 Å². The van der Waals surface area contributed by atoms with Crippen molar-refractivity contribution in [2.45, 2.75) is 33.2 Å². The molecule has 0 aliphatic heterocycles. The van der Waals surface area contributed by atoms with Crippen molar-refractivity contribution < 1.29 is 9.47 Å². The number of nitrogens with one attached hydrogen (secondary N) is 2. The van der Waals surface area contributed by atoms with Crippen molar-refractivity contribution in [3.8, 4) is 5.75 Å². The van der Waals surface area contributed by atoms with Crippen LogP contribution in [-0.2, 0) is 11.3 Å². The van der Waals surface area contributed by atoms with E-state index in [0.29, 0.717) is 6.54 Å². The Labute approximate surface area is 134 Å². The molecule has 5 nitrogen and oxygen atoms in total. The van der Waals surface area contributed by atoms with Gasteiger partial charge in [0, 0.05) is 38.9 Å². The Bertz CT molecular complexity index is 461. The lowest BCUT2D eigenvalue weighted by atomic mass is 10.1. The molecule has 0 radical (unpaired) electrons. The van der Waals surface area contributed by atoms with Crippen LogP contribution in [0.5, 0.6) is 5.75 Å². The lowest BCUT2D eigenvalue weighted by Crippen LogP contribution is -2.37. The molecule has 1 aromatic carbocycles. The molecule has 0 atom stereocenters. The van der Waals surface area contributed by atoms with E-state index in [-0.39, 0.29) is 0 Å². The second-order valence-electron chi connectivity index (χ2n) is 5.07. The Balaban J connectivity index is 2.35. The molecule has 5 heteroatoms. The largest absolute Gasteiger partial charge is 0.496 e. The fourth-order valence-electron chi connectivity index (χ4n) is 2.08. The Kier molecular flexibility index (Phi) is 9.07. The highest BCUT2D eigenvalue weighted by atomic mass is 16.5. The predicted molar refractivity (Wildman–Crippen MR) is 91.7 cm³/mol. The number of hydrogen-bond acceptors (Lipinski definition) is 3. The zero-order valence-electron chi connectivity index (χ0n) is 14.2. The average Bonchev–Trinajstić information content (AvgIpc) is 2.54. The molecule has 0 saturated carbocycles. The van der Waals surface area contributed by atoms with Crippen molar-refractivity contribution in [1.82, 2.24) is 10.6 Å². The Morgan fingerprint density at radius 3 is 2.73 bits per heavy atom. The van der Waals surface area contributed by atoms with Crippen LogP contribution < -0.4 is 15.4 Å². The summed E-state index contributed by atoms with van der Waals surface area (Å²) < 4.78 is 10.7. The molecule has 0 saturated heterocycles. The smallest absolute Gasteiger partial charge is 0.191 e. The SMILES string of the molecule is CCOCCCCNC(=NC)NCc1ccc(C)cc1OC. The highest BCUT2D eigenvalue weighted by Gasteiger charge is 2.04. The molecule has 1 aromatic rings. The second-order valence-corrected chi connectivity index (χ2v) is 5.07. The summed E-state index contributed by atoms with van der Waals surface area (Å²) in [4.78, 5) is 4.23. The Morgan fingerprint density at radius 1 is 1.23 bits per heavy atom. The maximum Gasteiger partial charge on any atom is 0.191 e. The summed E-state index contributed by atoms with van der Waals surface area (Å²) in [6, 6.07) is 6.21. The minimum atomic E-state index is 0.683. The molecule has 0 spiro atoms. The summed E-state index contributed by atoms with van der Waals surface area (Å²) in [7, 11) is 3.48. The summed E-state index contributed by atoms with van der Waals surface area (Å²) in [6.07, 6.45) is 2.12. The number of aryl methyl sites for hydroxylation is 1. The molecule has 0 aliphatic carbocycles. The van der Waals surface area contributed by atoms with Gasteiger partial charge in [0.25, 0.3) is 0 Å². The summed E-state index contributed by atoms with van der Waals surface area (Å²) in [5, 5.41) is 6.62. The standard InChI is InChI=1S/C17H29N3O2/c1-5-22-11-7-6-10-19-17(18-3)20-13-15-9-8-14(2)12-16(15)21-4/h8-9,12H,5-7,10-11,13H2,1-4H3,(H2,18,19,20). The number of unbranched alkanes of at least 4 members (excludes halogenated alkanes) is 1. The van der Waals surface area contributed by atoms with E-state index in [2.05, 4.69) is 34.7 Å². The van der Waals surface area contributed by atoms with Crippen LogP contribution in [0.2, 0.25) is 0 Å². The van der Waals surface area contributed by atoms with E-state index in [1.54, 1.807) is 14.2 Å². The lowest BCUT2D eigenvalue weighted by Gasteiger charge is -2.14. The molecular formula is C17H29N3O2. The van der Waals surface area contributed by atoms with Crippen LogP contribution in [0, 0.1) is 6.92 Å². The molecule has 0 aliphatic rings. The lowest BCUT2D eigenvalue weighted by molar-refractivity contribution is 0.143. The maximum absolute atomic E-state index is 5.41. The van der Waals surface area contributed by atoms with E-state index in [4.69, 9.17) is 9.47 Å². The maximum atomic E-state index is 5.41. The van der Waals surface area contributed by atoms with Crippen LogP contribution in [-0.4, -0.2) is 39.9 Å². The van der Waals surface area contributed by atoms with Gasteiger partial charge in [-0.25, -0.2) is 0 Å². The molecule has 0 fully saturated rings. The second kappa shape index (κ2) is 10.9. The number of aliphatic imine (C=N–C) groups is 1. The molecule has 22 heavy (non-hydrogen) atoms. The number of guanidine groups is 1. The number of ether oxygens (including phenoxy) is 2. The number of rotatable bonds is 9. The highest BCUT2D eigenvalue weighted by molar-refractivity contribution is 5.79. The van der Waals surface area contributed by atoms with Crippen molar-refractivity contribution in [2.75, 3.05) is 33.9 Å². The van der Waals surface area contributed by atoms with Gasteiger partial charge in [-0.3, -0.25) is 4.99 Å². The van der Waals surface area contributed by atoms with Crippen molar-refractivity contribution in [3.63, 3.8) is 0 Å². The third kappa shape index (κ3) is 6.80. The van der Waals surface area contributed by atoms with Crippen LogP contribution in [0.1, 0.15) is 30.9 Å². The van der Waals surface area contributed by atoms with Gasteiger partial charge in [0.05, 0.1) is 7.11 Å². The topological polar surface area (TPSA) is 54.9 Å². The van der Waals surface area contributed by atoms with Gasteiger partial charge < -0.3 is 20.1 Å². The van der Waals surface area contributed by atoms with Crippen molar-refractivity contribution in [3.05, 3.63) is 29.3 Å². The van der Waals surface area contributed by atoms with Gasteiger partial charge >= 0.3 is 0 Å². The molecule has 124 valence electrons. The highest BCUT2D eigenvalue weighted by Crippen LogP contribution is 2.19. The van der Waals surface area contributed by atoms with Crippen LogP contribution in [0.25, 0.3) is 0 Å². The van der Waals surface area contributed by atoms with Gasteiger partial charge in [0.1, 0.15) is 5.75 Å². The molecule has 0 bridgehead atoms. The van der Waals surface area contributed by atoms with Crippen LogP contribution in [0.3, 0.4) is 0 Å². The average molecular weight is 307 g/mol. The summed E-state index contributed by atoms with van der Waals surface area (Å²) in [5.41, 5.74) is 2.31. The van der Waals surface area contributed by atoms with E-state index in [9.17, 15) is 0 Å². The molecule has 2 N–H and O–H groups in total. The third-order valence-corrected chi connectivity index (χ3v) is 3.32. The first-order valence-corrected chi connectivity index (χ1v) is 7.87. The number of methoxy groups -OCH3 is 1. The minimum Gasteiger partial charge on any atom is -0.496 e. The fraction of sp³-hybridized carbons (Fsp3) is 0.588. The zero-order valence-corrected chi connectivity index (χ0v) is 14.2. The van der Waals surface area contributed by atoms with Gasteiger partial charge in [-0.1, -0.05) is 12.1 Å². The zero-order chi connectivity index (χ0) is 16.2. The van der Waals surface area contributed by atoms with Crippen LogP contribution >= 0.6 is 0 Å². The first-order chi connectivity index (χ1) is 10.7. The van der Waals surface area contributed by atoms with Gasteiger partial charge in [0.15, 0.2) is 5.96 Å². The number of benzene rings is 1. The summed E-state index contributed by atoms with van der Waals surface area (Å²) >= 11 is 0. The van der Waals surface area contributed by atoms with E-state index >= 15 is 0 Å². The number of nitrogens with zero attached hydrogens (tertiary/aromatic N) is 1. The normalized spacial score (nSPS) is 11.4. The Morgan fingerprint density at radius 2 is 2.05 bits per heavy atom. The number of hydrogen-bond donors (Lipinski definition) is 2. The van der Waals surface area contributed by atoms with Crippen LogP contribution in [0.15, 0.2) is 23.2 Å². The summed E-state index contributed by atoms with van der Waals surface area (Å²) in [5.74, 6) is 1.71. The molecule has 0 unspecified atom stereocenters. The minimum absolute atomic E-state index is 0.683. The van der Waals surface area contributed by atoms with Gasteiger partial charge in [-0.05, 0) is 38.3 Å². The van der Waals surface area contributed by atoms with E-state index in [1.165, 1.54) is 5.56 Å².